The summed E-state index contributed by atoms with van der Waals surface area (Å²) >= 11 is 6.01. The largest absolute Gasteiger partial charge is 0.497 e. The van der Waals surface area contributed by atoms with Crippen molar-refractivity contribution in [2.24, 2.45) is 0 Å². The summed E-state index contributed by atoms with van der Waals surface area (Å²) < 4.78 is 7.30. The molecule has 0 aliphatic heterocycles. The Morgan fingerprint density at radius 2 is 1.95 bits per heavy atom. The van der Waals surface area contributed by atoms with Crippen LogP contribution in [0.4, 0.5) is 0 Å². The molecular weight excluding hydrogens is 260 g/mol. The lowest BCUT2D eigenvalue weighted by Crippen LogP contribution is -1.98. The van der Waals surface area contributed by atoms with Gasteiger partial charge in [0.1, 0.15) is 11.6 Å². The number of halogens is 1. The summed E-state index contributed by atoms with van der Waals surface area (Å²) in [5.74, 6) is 1.99. The van der Waals surface area contributed by atoms with Crippen LogP contribution in [0.1, 0.15) is 5.82 Å². The van der Waals surface area contributed by atoms with Crippen LogP contribution in [-0.2, 0) is 5.88 Å². The van der Waals surface area contributed by atoms with Crippen LogP contribution < -0.4 is 4.74 Å². The summed E-state index contributed by atoms with van der Waals surface area (Å²) in [6, 6.07) is 15.9. The van der Waals surface area contributed by atoms with Crippen LogP contribution >= 0.6 is 11.6 Å². The Bertz CT molecular complexity index is 707. The molecule has 0 amide bonds. The van der Waals surface area contributed by atoms with Crippen LogP contribution in [0.25, 0.3) is 16.7 Å². The first kappa shape index (κ1) is 12.1. The number of imidazole rings is 1. The van der Waals surface area contributed by atoms with Gasteiger partial charge in [-0.3, -0.25) is 4.57 Å². The molecule has 0 atom stereocenters. The van der Waals surface area contributed by atoms with Crippen LogP contribution in [0.3, 0.4) is 0 Å². The summed E-state index contributed by atoms with van der Waals surface area (Å²) in [6.07, 6.45) is 0. The highest BCUT2D eigenvalue weighted by atomic mass is 35.5. The van der Waals surface area contributed by atoms with Crippen molar-refractivity contribution in [3.05, 3.63) is 54.4 Å². The molecule has 0 unspecified atom stereocenters. The van der Waals surface area contributed by atoms with Gasteiger partial charge in [-0.05, 0) is 24.3 Å². The van der Waals surface area contributed by atoms with Gasteiger partial charge in [-0.15, -0.1) is 11.6 Å². The molecule has 0 radical (unpaired) electrons. The van der Waals surface area contributed by atoms with E-state index in [2.05, 4.69) is 9.55 Å². The van der Waals surface area contributed by atoms with E-state index in [0.29, 0.717) is 5.88 Å². The van der Waals surface area contributed by atoms with Gasteiger partial charge in [0.15, 0.2) is 0 Å². The van der Waals surface area contributed by atoms with Gasteiger partial charge in [0.25, 0.3) is 0 Å². The fourth-order valence-electron chi connectivity index (χ4n) is 2.19. The molecule has 0 saturated heterocycles. The molecule has 96 valence electrons. The average Bonchev–Trinajstić information content (AvgIpc) is 2.85. The van der Waals surface area contributed by atoms with Crippen LogP contribution in [0, 0.1) is 0 Å². The van der Waals surface area contributed by atoms with E-state index in [1.54, 1.807) is 7.11 Å². The van der Waals surface area contributed by atoms with Crippen molar-refractivity contribution in [3.8, 4) is 11.4 Å². The smallest absolute Gasteiger partial charge is 0.129 e. The van der Waals surface area contributed by atoms with Crippen molar-refractivity contribution < 1.29 is 4.74 Å². The quantitative estimate of drug-likeness (QED) is 0.679. The fourth-order valence-corrected chi connectivity index (χ4v) is 2.37. The first-order valence-corrected chi connectivity index (χ1v) is 6.53. The molecule has 0 saturated carbocycles. The van der Waals surface area contributed by atoms with Crippen molar-refractivity contribution in [3.63, 3.8) is 0 Å². The van der Waals surface area contributed by atoms with E-state index < -0.39 is 0 Å². The molecule has 1 heterocycles. The van der Waals surface area contributed by atoms with E-state index in [9.17, 15) is 0 Å². The third-order valence-corrected chi connectivity index (χ3v) is 3.30. The van der Waals surface area contributed by atoms with Crippen molar-refractivity contribution in [1.82, 2.24) is 9.55 Å². The summed E-state index contributed by atoms with van der Waals surface area (Å²) in [5.41, 5.74) is 2.98. The molecule has 2 aromatic carbocycles. The summed E-state index contributed by atoms with van der Waals surface area (Å²) in [6.45, 7) is 0. The molecule has 0 aliphatic carbocycles. The minimum Gasteiger partial charge on any atom is -0.497 e. The lowest BCUT2D eigenvalue weighted by Gasteiger charge is -2.07. The third kappa shape index (κ3) is 2.06. The normalized spacial score (nSPS) is 10.8. The van der Waals surface area contributed by atoms with Gasteiger partial charge in [0.2, 0.25) is 0 Å². The second kappa shape index (κ2) is 4.94. The Hall–Kier alpha value is -2.00. The number of methoxy groups -OCH3 is 1. The highest BCUT2D eigenvalue weighted by Crippen LogP contribution is 2.25. The number of ether oxygens (including phenoxy) is 1. The minimum absolute atomic E-state index is 0.367. The van der Waals surface area contributed by atoms with Gasteiger partial charge in [-0.2, -0.15) is 0 Å². The standard InChI is InChI=1S/C15H13ClN2O/c1-19-12-7-8-14-13(9-12)17-15(10-16)18(14)11-5-3-2-4-6-11/h2-9H,10H2,1H3. The van der Waals surface area contributed by atoms with Gasteiger partial charge in [0, 0.05) is 11.8 Å². The number of hydrogen-bond donors (Lipinski definition) is 0. The number of rotatable bonds is 3. The summed E-state index contributed by atoms with van der Waals surface area (Å²) in [7, 11) is 1.65. The molecule has 3 aromatic rings. The zero-order valence-corrected chi connectivity index (χ0v) is 11.3. The van der Waals surface area contributed by atoms with Crippen LogP contribution in [0.15, 0.2) is 48.5 Å². The molecule has 0 aliphatic rings. The second-order valence-electron chi connectivity index (χ2n) is 4.19. The number of alkyl halides is 1. The number of nitrogens with zero attached hydrogens (tertiary/aromatic N) is 2. The first-order chi connectivity index (χ1) is 9.33. The molecule has 3 nitrogen and oxygen atoms in total. The second-order valence-corrected chi connectivity index (χ2v) is 4.45. The highest BCUT2D eigenvalue weighted by Gasteiger charge is 2.11. The Morgan fingerprint density at radius 1 is 1.16 bits per heavy atom. The molecule has 1 aromatic heterocycles. The van der Waals surface area contributed by atoms with E-state index in [4.69, 9.17) is 16.3 Å². The Balaban J connectivity index is 2.28. The number of fused-ring (bicyclic) bond motifs is 1. The summed E-state index contributed by atoms with van der Waals surface area (Å²) in [4.78, 5) is 4.57. The molecule has 0 spiro atoms. The topological polar surface area (TPSA) is 27.1 Å². The van der Waals surface area contributed by atoms with E-state index in [-0.39, 0.29) is 0 Å². The number of benzene rings is 2. The van der Waals surface area contributed by atoms with Crippen LogP contribution in [-0.4, -0.2) is 16.7 Å². The monoisotopic (exact) mass is 272 g/mol. The van der Waals surface area contributed by atoms with Gasteiger partial charge in [-0.1, -0.05) is 18.2 Å². The van der Waals surface area contributed by atoms with Crippen molar-refractivity contribution >= 4 is 22.6 Å². The first-order valence-electron chi connectivity index (χ1n) is 6.00. The average molecular weight is 273 g/mol. The lowest BCUT2D eigenvalue weighted by molar-refractivity contribution is 0.415. The van der Waals surface area contributed by atoms with E-state index in [1.165, 1.54) is 0 Å². The van der Waals surface area contributed by atoms with Gasteiger partial charge < -0.3 is 4.74 Å². The Morgan fingerprint density at radius 3 is 2.63 bits per heavy atom. The molecule has 0 bridgehead atoms. The third-order valence-electron chi connectivity index (χ3n) is 3.07. The van der Waals surface area contributed by atoms with E-state index in [0.717, 1.165) is 28.3 Å². The maximum atomic E-state index is 6.01. The highest BCUT2D eigenvalue weighted by molar-refractivity contribution is 6.17. The minimum atomic E-state index is 0.367. The maximum Gasteiger partial charge on any atom is 0.129 e. The fraction of sp³-hybridized carbons (Fsp3) is 0.133. The predicted octanol–water partition coefficient (Wildman–Crippen LogP) is 3.77. The molecule has 3 rings (SSSR count). The zero-order chi connectivity index (χ0) is 13.2. The lowest BCUT2D eigenvalue weighted by atomic mass is 10.2. The molecule has 19 heavy (non-hydrogen) atoms. The van der Waals surface area contributed by atoms with Gasteiger partial charge in [-0.25, -0.2) is 4.98 Å². The SMILES string of the molecule is COc1ccc2c(c1)nc(CCl)n2-c1ccccc1. The molecule has 4 heteroatoms. The van der Waals surface area contributed by atoms with E-state index in [1.807, 2.05) is 48.5 Å². The maximum absolute atomic E-state index is 6.01. The Kier molecular flexibility index (Phi) is 3.13. The zero-order valence-electron chi connectivity index (χ0n) is 10.5. The molecule has 0 fully saturated rings. The predicted molar refractivity (Wildman–Crippen MR) is 77.2 cm³/mol. The van der Waals surface area contributed by atoms with Crippen molar-refractivity contribution in [2.45, 2.75) is 5.88 Å². The van der Waals surface area contributed by atoms with Gasteiger partial charge in [0.05, 0.1) is 24.0 Å². The number of hydrogen-bond acceptors (Lipinski definition) is 2. The molecular formula is C15H13ClN2O. The van der Waals surface area contributed by atoms with Crippen LogP contribution in [0.5, 0.6) is 5.75 Å². The van der Waals surface area contributed by atoms with Crippen molar-refractivity contribution in [2.75, 3.05) is 7.11 Å². The molecule has 0 N–H and O–H groups in total. The van der Waals surface area contributed by atoms with Gasteiger partial charge >= 0.3 is 0 Å². The number of para-hydroxylation sites is 1. The van der Waals surface area contributed by atoms with Crippen molar-refractivity contribution in [1.29, 1.82) is 0 Å². The Labute approximate surface area is 116 Å². The number of aromatic nitrogens is 2. The van der Waals surface area contributed by atoms with Crippen LogP contribution in [0.2, 0.25) is 0 Å². The van der Waals surface area contributed by atoms with E-state index >= 15 is 0 Å². The summed E-state index contributed by atoms with van der Waals surface area (Å²) in [5, 5.41) is 0.